The Morgan fingerprint density at radius 1 is 0.639 bits per heavy atom. The zero-order valence-electron chi connectivity index (χ0n) is 19.8. The Bertz CT molecular complexity index is 1900. The summed E-state index contributed by atoms with van der Waals surface area (Å²) in [5.74, 6) is 0. The van der Waals surface area contributed by atoms with E-state index < -0.39 is 0 Å². The predicted molar refractivity (Wildman–Crippen MR) is 152 cm³/mol. The Morgan fingerprint density at radius 3 is 2.19 bits per heavy atom. The highest BCUT2D eigenvalue weighted by Gasteiger charge is 2.21. The van der Waals surface area contributed by atoms with E-state index in [1.54, 1.807) is 0 Å². The first-order valence-corrected chi connectivity index (χ1v) is 12.9. The maximum absolute atomic E-state index is 4.83. The summed E-state index contributed by atoms with van der Waals surface area (Å²) >= 11 is 1.87. The molecule has 0 spiro atoms. The largest absolute Gasteiger partial charge is 0.256 e. The van der Waals surface area contributed by atoms with Gasteiger partial charge in [0.1, 0.15) is 7.05 Å². The van der Waals surface area contributed by atoms with Crippen LogP contribution < -0.4 is 4.57 Å². The van der Waals surface area contributed by atoms with Crippen molar-refractivity contribution < 1.29 is 4.57 Å². The van der Waals surface area contributed by atoms with Crippen molar-refractivity contribution in [3.63, 3.8) is 0 Å². The molecular formula is C33H23N2S+. The molecule has 3 heterocycles. The molecule has 0 unspecified atom stereocenters. The zero-order chi connectivity index (χ0) is 24.1. The molecule has 7 aromatic rings. The summed E-state index contributed by atoms with van der Waals surface area (Å²) in [7, 11) is 2.10. The lowest BCUT2D eigenvalue weighted by atomic mass is 9.91. The van der Waals surface area contributed by atoms with Crippen LogP contribution in [0, 0.1) is 0 Å². The molecule has 3 aromatic heterocycles. The van der Waals surface area contributed by atoms with Crippen molar-refractivity contribution in [2.75, 3.05) is 0 Å². The molecule has 36 heavy (non-hydrogen) atoms. The van der Waals surface area contributed by atoms with Gasteiger partial charge in [0.25, 0.3) is 0 Å². The lowest BCUT2D eigenvalue weighted by Crippen LogP contribution is -2.30. The number of thiophene rings is 1. The summed E-state index contributed by atoms with van der Waals surface area (Å²) in [6, 6.07) is 39.1. The van der Waals surface area contributed by atoms with Crippen LogP contribution >= 0.6 is 11.3 Å². The molecule has 0 aliphatic heterocycles. The number of aromatic nitrogens is 2. The molecule has 4 aromatic carbocycles. The summed E-state index contributed by atoms with van der Waals surface area (Å²) in [6.45, 7) is 0. The van der Waals surface area contributed by atoms with Crippen LogP contribution in [0.15, 0.2) is 122 Å². The van der Waals surface area contributed by atoms with Crippen LogP contribution in [0.2, 0.25) is 0 Å². The molecule has 0 N–H and O–H groups in total. The van der Waals surface area contributed by atoms with Crippen molar-refractivity contribution >= 4 is 42.3 Å². The first-order chi connectivity index (χ1) is 17.8. The smallest absolute Gasteiger partial charge is 0.212 e. The van der Waals surface area contributed by atoms with Crippen molar-refractivity contribution in [1.29, 1.82) is 0 Å². The van der Waals surface area contributed by atoms with E-state index in [1.165, 1.54) is 58.9 Å². The summed E-state index contributed by atoms with van der Waals surface area (Å²) in [5.41, 5.74) is 7.01. The van der Waals surface area contributed by atoms with Crippen molar-refractivity contribution in [3.8, 4) is 33.6 Å². The van der Waals surface area contributed by atoms with E-state index in [0.717, 1.165) is 5.69 Å². The fourth-order valence-electron chi connectivity index (χ4n) is 5.26. The van der Waals surface area contributed by atoms with E-state index in [2.05, 4.69) is 121 Å². The van der Waals surface area contributed by atoms with Crippen LogP contribution in [0.3, 0.4) is 0 Å². The van der Waals surface area contributed by atoms with Crippen LogP contribution in [0.25, 0.3) is 64.6 Å². The Balaban J connectivity index is 1.59. The summed E-state index contributed by atoms with van der Waals surface area (Å²) in [5, 5.41) is 5.14. The third-order valence-corrected chi connectivity index (χ3v) is 8.16. The lowest BCUT2D eigenvalue weighted by Gasteiger charge is -2.14. The summed E-state index contributed by atoms with van der Waals surface area (Å²) in [6.07, 6.45) is 3.99. The minimum atomic E-state index is 1.00. The number of hydrogen-bond acceptors (Lipinski definition) is 2. The number of rotatable bonds is 3. The maximum atomic E-state index is 4.83. The van der Waals surface area contributed by atoms with Crippen LogP contribution in [0.4, 0.5) is 0 Å². The topological polar surface area (TPSA) is 16.8 Å². The molecule has 3 heteroatoms. The highest BCUT2D eigenvalue weighted by molar-refractivity contribution is 7.26. The monoisotopic (exact) mass is 479 g/mol. The van der Waals surface area contributed by atoms with Gasteiger partial charge in [-0.15, -0.1) is 11.3 Å². The normalized spacial score (nSPS) is 11.5. The van der Waals surface area contributed by atoms with E-state index in [9.17, 15) is 0 Å². The quantitative estimate of drug-likeness (QED) is 0.232. The molecule has 0 radical (unpaired) electrons. The van der Waals surface area contributed by atoms with Gasteiger partial charge in [0, 0.05) is 44.1 Å². The average Bonchev–Trinajstić information content (AvgIpc) is 3.29. The fourth-order valence-corrected chi connectivity index (χ4v) is 6.55. The maximum Gasteiger partial charge on any atom is 0.212 e. The molecule has 0 fully saturated rings. The van der Waals surface area contributed by atoms with Gasteiger partial charge in [-0.3, -0.25) is 4.98 Å². The Hall–Kier alpha value is -4.34. The van der Waals surface area contributed by atoms with Crippen molar-refractivity contribution in [2.24, 2.45) is 7.05 Å². The summed E-state index contributed by atoms with van der Waals surface area (Å²) in [4.78, 5) is 4.83. The van der Waals surface area contributed by atoms with Crippen molar-refractivity contribution in [2.45, 2.75) is 0 Å². The Labute approximate surface area is 213 Å². The number of hydrogen-bond donors (Lipinski definition) is 0. The molecule has 0 amide bonds. The van der Waals surface area contributed by atoms with Gasteiger partial charge in [0.15, 0.2) is 6.20 Å². The highest BCUT2D eigenvalue weighted by atomic mass is 32.1. The van der Waals surface area contributed by atoms with Crippen molar-refractivity contribution in [1.82, 2.24) is 4.98 Å². The molecule has 0 aliphatic rings. The van der Waals surface area contributed by atoms with Gasteiger partial charge in [0.05, 0.1) is 11.3 Å². The molecule has 7 rings (SSSR count). The zero-order valence-corrected chi connectivity index (χ0v) is 20.7. The second kappa shape index (κ2) is 8.40. The van der Waals surface area contributed by atoms with Crippen LogP contribution in [-0.4, -0.2) is 4.98 Å². The molecule has 0 saturated carbocycles. The minimum absolute atomic E-state index is 1.00. The SMILES string of the molecule is C[n+]1ccccc1-c1ccccc1-c1ccc2c(sc3cc4ccccc4cc32)c1-c1ccccn1. The first kappa shape index (κ1) is 21.0. The lowest BCUT2D eigenvalue weighted by molar-refractivity contribution is -0.660. The van der Waals surface area contributed by atoms with Gasteiger partial charge in [0.2, 0.25) is 5.69 Å². The minimum Gasteiger partial charge on any atom is -0.256 e. The molecule has 170 valence electrons. The third-order valence-electron chi connectivity index (χ3n) is 6.98. The van der Waals surface area contributed by atoms with Crippen molar-refractivity contribution in [3.05, 3.63) is 122 Å². The fraction of sp³-hybridized carbons (Fsp3) is 0.0303. The van der Waals surface area contributed by atoms with E-state index in [0.29, 0.717) is 0 Å². The van der Waals surface area contributed by atoms with Gasteiger partial charge in [-0.05, 0) is 58.3 Å². The van der Waals surface area contributed by atoms with E-state index in [1.807, 2.05) is 23.6 Å². The predicted octanol–water partition coefficient (Wildman–Crippen LogP) is 8.43. The van der Waals surface area contributed by atoms with Gasteiger partial charge in [-0.1, -0.05) is 60.7 Å². The van der Waals surface area contributed by atoms with Gasteiger partial charge >= 0.3 is 0 Å². The molecular weight excluding hydrogens is 456 g/mol. The number of fused-ring (bicyclic) bond motifs is 4. The highest BCUT2D eigenvalue weighted by Crippen LogP contribution is 2.46. The van der Waals surface area contributed by atoms with Gasteiger partial charge < -0.3 is 0 Å². The molecule has 0 saturated heterocycles. The number of benzene rings is 4. The Morgan fingerprint density at radius 2 is 1.39 bits per heavy atom. The van der Waals surface area contributed by atoms with E-state index in [4.69, 9.17) is 4.98 Å². The summed E-state index contributed by atoms with van der Waals surface area (Å²) < 4.78 is 4.77. The van der Waals surface area contributed by atoms with Gasteiger partial charge in [-0.2, -0.15) is 0 Å². The standard InChI is InChI=1S/C33H23N2S/c1-35-19-9-7-15-30(35)25-13-5-4-12-24(25)26-16-17-27-28-20-22-10-2-3-11-23(22)21-31(28)36-33(27)32(26)29-14-6-8-18-34-29/h2-21H,1H3/q+1. The molecule has 0 aliphatic carbocycles. The molecule has 2 nitrogen and oxygen atoms in total. The second-order valence-electron chi connectivity index (χ2n) is 9.12. The second-order valence-corrected chi connectivity index (χ2v) is 10.2. The van der Waals surface area contributed by atoms with Crippen LogP contribution in [0.1, 0.15) is 0 Å². The van der Waals surface area contributed by atoms with Crippen LogP contribution in [0.5, 0.6) is 0 Å². The molecule has 0 bridgehead atoms. The number of aryl methyl sites for hydroxylation is 1. The van der Waals surface area contributed by atoms with E-state index >= 15 is 0 Å². The number of pyridine rings is 2. The number of nitrogens with zero attached hydrogens (tertiary/aromatic N) is 2. The Kier molecular flexibility index (Phi) is 4.90. The average molecular weight is 480 g/mol. The first-order valence-electron chi connectivity index (χ1n) is 12.1. The molecule has 0 atom stereocenters. The van der Waals surface area contributed by atoms with Gasteiger partial charge in [-0.25, -0.2) is 4.57 Å². The van der Waals surface area contributed by atoms with E-state index in [-0.39, 0.29) is 0 Å². The van der Waals surface area contributed by atoms with Crippen LogP contribution in [-0.2, 0) is 7.05 Å². The third kappa shape index (κ3) is 3.32.